The highest BCUT2D eigenvalue weighted by atomic mass is 15.1. The van der Waals surface area contributed by atoms with E-state index in [-0.39, 0.29) is 0 Å². The lowest BCUT2D eigenvalue weighted by molar-refractivity contribution is 0.961. The molecule has 0 saturated carbocycles. The highest BCUT2D eigenvalue weighted by molar-refractivity contribution is 6.09. The van der Waals surface area contributed by atoms with E-state index in [0.29, 0.717) is 0 Å². The molecule has 1 aliphatic rings. The summed E-state index contributed by atoms with van der Waals surface area (Å²) in [5.74, 6) is 0. The fraction of sp³-hybridized carbons (Fsp3) is 0.111. The molecule has 0 saturated heterocycles. The van der Waals surface area contributed by atoms with E-state index >= 15 is 0 Å². The van der Waals surface area contributed by atoms with Gasteiger partial charge in [0.15, 0.2) is 0 Å². The topological polar surface area (TPSA) is 29.0 Å². The molecular formula is C36H33N3. The van der Waals surface area contributed by atoms with Gasteiger partial charge in [-0.25, -0.2) is 0 Å². The summed E-state index contributed by atoms with van der Waals surface area (Å²) in [6, 6.07) is 25.6. The molecule has 0 fully saturated rings. The maximum Gasteiger partial charge on any atom is 0.0492 e. The van der Waals surface area contributed by atoms with E-state index in [0.717, 1.165) is 36.3 Å². The maximum absolute atomic E-state index is 4.22. The third-order valence-electron chi connectivity index (χ3n) is 7.03. The van der Waals surface area contributed by atoms with Gasteiger partial charge >= 0.3 is 0 Å². The van der Waals surface area contributed by atoms with Crippen molar-refractivity contribution in [3.63, 3.8) is 0 Å². The lowest BCUT2D eigenvalue weighted by Gasteiger charge is -2.25. The first kappa shape index (κ1) is 25.9. The van der Waals surface area contributed by atoms with E-state index in [1.165, 1.54) is 39.0 Å². The lowest BCUT2D eigenvalue weighted by atomic mass is 9.92. The fourth-order valence-corrected chi connectivity index (χ4v) is 5.27. The summed E-state index contributed by atoms with van der Waals surface area (Å²) in [5, 5.41) is 0. The van der Waals surface area contributed by atoms with Crippen LogP contribution in [-0.4, -0.2) is 9.97 Å². The highest BCUT2D eigenvalue weighted by Gasteiger charge is 2.27. The van der Waals surface area contributed by atoms with Gasteiger partial charge in [0.25, 0.3) is 0 Å². The smallest absolute Gasteiger partial charge is 0.0492 e. The van der Waals surface area contributed by atoms with Gasteiger partial charge in [-0.15, -0.1) is 0 Å². The predicted molar refractivity (Wildman–Crippen MR) is 165 cm³/mol. The Labute approximate surface area is 231 Å². The number of hydrogen-bond donors (Lipinski definition) is 0. The zero-order valence-corrected chi connectivity index (χ0v) is 22.4. The number of pyridine rings is 2. The lowest BCUT2D eigenvalue weighted by Crippen LogP contribution is -2.10. The van der Waals surface area contributed by atoms with Crippen molar-refractivity contribution in [3.05, 3.63) is 163 Å². The van der Waals surface area contributed by atoms with Gasteiger partial charge < -0.3 is 4.90 Å². The van der Waals surface area contributed by atoms with Gasteiger partial charge in [0.05, 0.1) is 0 Å². The van der Waals surface area contributed by atoms with Crippen molar-refractivity contribution in [2.75, 3.05) is 4.90 Å². The summed E-state index contributed by atoms with van der Waals surface area (Å²) in [5.41, 5.74) is 12.1. The van der Waals surface area contributed by atoms with Gasteiger partial charge in [-0.2, -0.15) is 0 Å². The Bertz CT molecular complexity index is 1500. The normalized spacial score (nSPS) is 15.7. The molecule has 5 rings (SSSR count). The van der Waals surface area contributed by atoms with Crippen molar-refractivity contribution in [1.82, 2.24) is 9.97 Å². The standard InChI is InChI=1S/C36H33N3/c1-4-9-34-32-11-7-8-12-33(32)35(10-5-2)36(34)28(6-3)16-13-27-14-17-29(18-15-27)39(30-19-23-37-24-20-30)31-21-25-38-26-22-31/h4,6-12,14-15,17-26H,1,3,5,13,16H2,2H3/b34-9?,35-10-,36-28+. The van der Waals surface area contributed by atoms with Crippen LogP contribution in [0, 0.1) is 0 Å². The van der Waals surface area contributed by atoms with Gasteiger partial charge in [0, 0.05) is 41.8 Å². The van der Waals surface area contributed by atoms with E-state index in [9.17, 15) is 0 Å². The van der Waals surface area contributed by atoms with E-state index in [4.69, 9.17) is 0 Å². The maximum atomic E-state index is 4.22. The average Bonchev–Trinajstić information content (AvgIpc) is 3.29. The van der Waals surface area contributed by atoms with Crippen LogP contribution in [0.3, 0.4) is 0 Å². The monoisotopic (exact) mass is 507 g/mol. The van der Waals surface area contributed by atoms with Crippen molar-refractivity contribution in [1.29, 1.82) is 0 Å². The molecule has 0 radical (unpaired) electrons. The summed E-state index contributed by atoms with van der Waals surface area (Å²) in [6.45, 7) is 10.4. The number of aryl methyl sites for hydroxylation is 1. The van der Waals surface area contributed by atoms with Crippen LogP contribution in [0.25, 0.3) is 11.1 Å². The van der Waals surface area contributed by atoms with Crippen molar-refractivity contribution >= 4 is 28.2 Å². The molecule has 3 nitrogen and oxygen atoms in total. The quantitative estimate of drug-likeness (QED) is 0.226. The van der Waals surface area contributed by atoms with E-state index in [2.05, 4.69) is 95.6 Å². The van der Waals surface area contributed by atoms with E-state index < -0.39 is 0 Å². The SMILES string of the molecule is C=CC=C1C(=C(/C=C)CCc2ccc(N(c3ccncc3)c3ccncc3)cc2)/C(=C\CC)c2ccccc21. The molecule has 0 bridgehead atoms. The second kappa shape index (κ2) is 12.2. The molecule has 4 aromatic rings. The summed E-state index contributed by atoms with van der Waals surface area (Å²) in [4.78, 5) is 10.6. The molecule has 0 N–H and O–H groups in total. The second-order valence-corrected chi connectivity index (χ2v) is 9.40. The zero-order chi connectivity index (χ0) is 27.0. The average molecular weight is 508 g/mol. The number of fused-ring (bicyclic) bond motifs is 1. The Balaban J connectivity index is 1.44. The van der Waals surface area contributed by atoms with Gasteiger partial charge in [-0.3, -0.25) is 9.97 Å². The van der Waals surface area contributed by atoms with Crippen molar-refractivity contribution in [3.8, 4) is 0 Å². The summed E-state index contributed by atoms with van der Waals surface area (Å²) in [6.07, 6.45) is 18.5. The van der Waals surface area contributed by atoms with E-state index in [1.807, 2.05) is 61.2 Å². The third-order valence-corrected chi connectivity index (χ3v) is 7.03. The Morgan fingerprint density at radius 3 is 1.85 bits per heavy atom. The van der Waals surface area contributed by atoms with Gasteiger partial charge in [0.2, 0.25) is 0 Å². The number of aromatic nitrogens is 2. The number of allylic oxidation sites excluding steroid dienone is 8. The molecular weight excluding hydrogens is 474 g/mol. The largest absolute Gasteiger partial charge is 0.310 e. The van der Waals surface area contributed by atoms with Crippen LogP contribution in [0.15, 0.2) is 146 Å². The van der Waals surface area contributed by atoms with Gasteiger partial charge in [-0.1, -0.05) is 80.8 Å². The van der Waals surface area contributed by atoms with Crippen molar-refractivity contribution in [2.24, 2.45) is 0 Å². The molecule has 0 aliphatic heterocycles. The van der Waals surface area contributed by atoms with E-state index in [1.54, 1.807) is 0 Å². The molecule has 0 unspecified atom stereocenters. The second-order valence-electron chi connectivity index (χ2n) is 9.40. The third kappa shape index (κ3) is 5.44. The minimum absolute atomic E-state index is 0.903. The van der Waals surface area contributed by atoms with Crippen LogP contribution in [0.1, 0.15) is 36.5 Å². The molecule has 1 aliphatic carbocycles. The van der Waals surface area contributed by atoms with Crippen LogP contribution in [0.5, 0.6) is 0 Å². The number of hydrogen-bond acceptors (Lipinski definition) is 3. The summed E-state index contributed by atoms with van der Waals surface area (Å²) in [7, 11) is 0. The molecule has 0 amide bonds. The highest BCUT2D eigenvalue weighted by Crippen LogP contribution is 2.47. The molecule has 0 spiro atoms. The molecule has 3 heteroatoms. The number of benzene rings is 2. The van der Waals surface area contributed by atoms with Gasteiger partial charge in [0.1, 0.15) is 0 Å². The summed E-state index contributed by atoms with van der Waals surface area (Å²) >= 11 is 0. The number of anilines is 3. The fourth-order valence-electron chi connectivity index (χ4n) is 5.27. The first-order valence-electron chi connectivity index (χ1n) is 13.4. The zero-order valence-electron chi connectivity index (χ0n) is 22.4. The summed E-state index contributed by atoms with van der Waals surface area (Å²) < 4.78 is 0. The van der Waals surface area contributed by atoms with Crippen LogP contribution in [0.4, 0.5) is 17.1 Å². The molecule has 2 aromatic carbocycles. The first-order chi connectivity index (χ1) is 19.2. The molecule has 2 aromatic heterocycles. The predicted octanol–water partition coefficient (Wildman–Crippen LogP) is 9.44. The van der Waals surface area contributed by atoms with Crippen molar-refractivity contribution < 1.29 is 0 Å². The Hall–Kier alpha value is -4.76. The van der Waals surface area contributed by atoms with Crippen LogP contribution in [0.2, 0.25) is 0 Å². The minimum Gasteiger partial charge on any atom is -0.310 e. The first-order valence-corrected chi connectivity index (χ1v) is 13.4. The van der Waals surface area contributed by atoms with Crippen LogP contribution >= 0.6 is 0 Å². The Kier molecular flexibility index (Phi) is 8.09. The molecule has 192 valence electrons. The number of rotatable bonds is 9. The van der Waals surface area contributed by atoms with Crippen LogP contribution < -0.4 is 4.90 Å². The Morgan fingerprint density at radius 2 is 1.31 bits per heavy atom. The van der Waals surface area contributed by atoms with Crippen molar-refractivity contribution in [2.45, 2.75) is 26.2 Å². The van der Waals surface area contributed by atoms with Gasteiger partial charge in [-0.05, 0) is 94.6 Å². The number of nitrogens with zero attached hydrogens (tertiary/aromatic N) is 3. The minimum atomic E-state index is 0.903. The molecule has 39 heavy (non-hydrogen) atoms. The molecule has 0 atom stereocenters. The van der Waals surface area contributed by atoms with Crippen LogP contribution in [-0.2, 0) is 6.42 Å². The Morgan fingerprint density at radius 1 is 0.744 bits per heavy atom. The molecule has 2 heterocycles.